The molecule has 148 valence electrons. The molecule has 2 aromatic carbocycles. The third-order valence-corrected chi connectivity index (χ3v) is 4.16. The standard InChI is InChI=1S/C19H18F4N4O/c1-4-27-17(12-6-5-11(24)9-13(12)21)25-26-18(27)19(2,3)28-16-14(22)7-10(20)8-15(16)23/h5-9H,4,24H2,1-3H3. The predicted octanol–water partition coefficient (Wildman–Crippen LogP) is 4.42. The highest BCUT2D eigenvalue weighted by atomic mass is 19.1. The minimum atomic E-state index is -1.36. The van der Waals surface area contributed by atoms with E-state index in [1.807, 2.05) is 0 Å². The molecule has 0 bridgehead atoms. The first-order valence-electron chi connectivity index (χ1n) is 8.46. The van der Waals surface area contributed by atoms with Crippen LogP contribution in [0.25, 0.3) is 11.4 Å². The number of nitrogens with two attached hydrogens (primary N) is 1. The van der Waals surface area contributed by atoms with Crippen molar-refractivity contribution >= 4 is 5.69 Å². The van der Waals surface area contributed by atoms with Gasteiger partial charge in [0.25, 0.3) is 0 Å². The smallest absolute Gasteiger partial charge is 0.192 e. The fourth-order valence-electron chi connectivity index (χ4n) is 2.89. The van der Waals surface area contributed by atoms with Gasteiger partial charge in [-0.25, -0.2) is 17.6 Å². The normalized spacial score (nSPS) is 11.7. The fraction of sp³-hybridized carbons (Fsp3) is 0.263. The molecule has 1 heterocycles. The van der Waals surface area contributed by atoms with Crippen LogP contribution in [-0.2, 0) is 12.1 Å². The number of rotatable bonds is 5. The first-order chi connectivity index (χ1) is 13.1. The van der Waals surface area contributed by atoms with Crippen LogP contribution >= 0.6 is 0 Å². The highest BCUT2D eigenvalue weighted by Crippen LogP contribution is 2.33. The quantitative estimate of drug-likeness (QED) is 0.514. The van der Waals surface area contributed by atoms with Crippen molar-refractivity contribution in [3.63, 3.8) is 0 Å². The molecule has 0 radical (unpaired) electrons. The van der Waals surface area contributed by atoms with Gasteiger partial charge in [0.2, 0.25) is 0 Å². The van der Waals surface area contributed by atoms with Crippen LogP contribution in [0.5, 0.6) is 5.75 Å². The summed E-state index contributed by atoms with van der Waals surface area (Å²) in [6.07, 6.45) is 0. The second-order valence-electron chi connectivity index (χ2n) is 6.64. The van der Waals surface area contributed by atoms with Crippen molar-refractivity contribution in [3.8, 4) is 17.1 Å². The Morgan fingerprint density at radius 1 is 1.00 bits per heavy atom. The van der Waals surface area contributed by atoms with Crippen molar-refractivity contribution in [3.05, 3.63) is 59.4 Å². The molecule has 0 aliphatic rings. The molecule has 3 aromatic rings. The Morgan fingerprint density at radius 2 is 1.64 bits per heavy atom. The Hall–Kier alpha value is -3.10. The maximum Gasteiger partial charge on any atom is 0.192 e. The van der Waals surface area contributed by atoms with Crippen LogP contribution < -0.4 is 10.5 Å². The van der Waals surface area contributed by atoms with Crippen LogP contribution in [0.3, 0.4) is 0 Å². The van der Waals surface area contributed by atoms with E-state index >= 15 is 0 Å². The molecule has 0 amide bonds. The average Bonchev–Trinajstić information content (AvgIpc) is 3.03. The van der Waals surface area contributed by atoms with Gasteiger partial charge >= 0.3 is 0 Å². The molecule has 0 fully saturated rings. The van der Waals surface area contributed by atoms with E-state index in [1.165, 1.54) is 26.0 Å². The lowest BCUT2D eigenvalue weighted by Gasteiger charge is -2.26. The molecule has 0 spiro atoms. The molecular formula is C19H18F4N4O. The van der Waals surface area contributed by atoms with Gasteiger partial charge < -0.3 is 15.0 Å². The van der Waals surface area contributed by atoms with Crippen molar-refractivity contribution in [2.75, 3.05) is 5.73 Å². The lowest BCUT2D eigenvalue weighted by atomic mass is 10.1. The summed E-state index contributed by atoms with van der Waals surface area (Å²) in [6, 6.07) is 5.20. The summed E-state index contributed by atoms with van der Waals surface area (Å²) in [5.41, 5.74) is 4.65. The number of ether oxygens (including phenoxy) is 1. The van der Waals surface area contributed by atoms with E-state index in [4.69, 9.17) is 10.5 Å². The van der Waals surface area contributed by atoms with Gasteiger partial charge in [0.05, 0.1) is 5.56 Å². The Bertz CT molecular complexity index is 1010. The largest absolute Gasteiger partial charge is 0.474 e. The summed E-state index contributed by atoms with van der Waals surface area (Å²) in [4.78, 5) is 0. The van der Waals surface area contributed by atoms with Crippen LogP contribution in [0.15, 0.2) is 30.3 Å². The highest BCUT2D eigenvalue weighted by Gasteiger charge is 2.33. The van der Waals surface area contributed by atoms with Gasteiger partial charge in [0.1, 0.15) is 11.6 Å². The zero-order chi connectivity index (χ0) is 20.6. The monoisotopic (exact) mass is 394 g/mol. The molecule has 9 heteroatoms. The van der Waals surface area contributed by atoms with E-state index in [9.17, 15) is 17.6 Å². The summed E-state index contributed by atoms with van der Waals surface area (Å²) in [5.74, 6) is -4.31. The zero-order valence-corrected chi connectivity index (χ0v) is 15.4. The maximum absolute atomic E-state index is 14.3. The van der Waals surface area contributed by atoms with E-state index < -0.39 is 34.6 Å². The van der Waals surface area contributed by atoms with Crippen LogP contribution in [0.4, 0.5) is 23.2 Å². The second-order valence-corrected chi connectivity index (χ2v) is 6.64. The molecule has 0 unspecified atom stereocenters. The number of nitrogens with zero attached hydrogens (tertiary/aromatic N) is 3. The third-order valence-electron chi connectivity index (χ3n) is 4.16. The third kappa shape index (κ3) is 3.51. The Morgan fingerprint density at radius 3 is 2.21 bits per heavy atom. The average molecular weight is 394 g/mol. The first kappa shape index (κ1) is 19.7. The van der Waals surface area contributed by atoms with Crippen molar-refractivity contribution in [2.24, 2.45) is 0 Å². The van der Waals surface area contributed by atoms with Crippen molar-refractivity contribution < 1.29 is 22.3 Å². The molecule has 5 nitrogen and oxygen atoms in total. The van der Waals surface area contributed by atoms with Gasteiger partial charge in [-0.05, 0) is 39.0 Å². The van der Waals surface area contributed by atoms with Gasteiger partial charge in [-0.3, -0.25) is 0 Å². The summed E-state index contributed by atoms with van der Waals surface area (Å²) in [7, 11) is 0. The SMILES string of the molecule is CCn1c(-c2ccc(N)cc2F)nnc1C(C)(C)Oc1c(F)cc(F)cc1F. The van der Waals surface area contributed by atoms with Crippen LogP contribution in [0.2, 0.25) is 0 Å². The Kier molecular flexibility index (Phi) is 5.01. The van der Waals surface area contributed by atoms with Crippen molar-refractivity contribution in [1.29, 1.82) is 0 Å². The molecular weight excluding hydrogens is 376 g/mol. The second kappa shape index (κ2) is 7.14. The minimum Gasteiger partial charge on any atom is -0.474 e. The summed E-state index contributed by atoms with van der Waals surface area (Å²) >= 11 is 0. The van der Waals surface area contributed by atoms with E-state index in [1.54, 1.807) is 11.5 Å². The van der Waals surface area contributed by atoms with E-state index in [2.05, 4.69) is 10.2 Å². The molecule has 0 saturated heterocycles. The van der Waals surface area contributed by atoms with Crippen LogP contribution in [0.1, 0.15) is 26.6 Å². The molecule has 1 aromatic heterocycles. The van der Waals surface area contributed by atoms with Crippen molar-refractivity contribution in [1.82, 2.24) is 14.8 Å². The molecule has 28 heavy (non-hydrogen) atoms. The lowest BCUT2D eigenvalue weighted by molar-refractivity contribution is 0.0824. The molecule has 0 aliphatic carbocycles. The lowest BCUT2D eigenvalue weighted by Crippen LogP contribution is -2.30. The summed E-state index contributed by atoms with van der Waals surface area (Å²) in [5, 5.41) is 8.06. The minimum absolute atomic E-state index is 0.171. The highest BCUT2D eigenvalue weighted by molar-refractivity contribution is 5.60. The molecule has 0 aliphatic heterocycles. The number of nitrogen functional groups attached to an aromatic ring is 1. The number of hydrogen-bond acceptors (Lipinski definition) is 4. The van der Waals surface area contributed by atoms with Crippen LogP contribution in [0, 0.1) is 23.3 Å². The first-order valence-corrected chi connectivity index (χ1v) is 8.46. The number of benzene rings is 2. The fourth-order valence-corrected chi connectivity index (χ4v) is 2.89. The molecule has 0 atom stereocenters. The van der Waals surface area contributed by atoms with E-state index in [-0.39, 0.29) is 22.9 Å². The zero-order valence-electron chi connectivity index (χ0n) is 15.4. The Labute approximate surface area is 158 Å². The topological polar surface area (TPSA) is 66.0 Å². The number of anilines is 1. The maximum atomic E-state index is 14.3. The van der Waals surface area contributed by atoms with Gasteiger partial charge in [-0.15, -0.1) is 10.2 Å². The van der Waals surface area contributed by atoms with Gasteiger partial charge in [0.15, 0.2) is 34.6 Å². The predicted molar refractivity (Wildman–Crippen MR) is 95.5 cm³/mol. The molecule has 2 N–H and O–H groups in total. The molecule has 3 rings (SSSR count). The summed E-state index contributed by atoms with van der Waals surface area (Å²) < 4.78 is 62.5. The summed E-state index contributed by atoms with van der Waals surface area (Å²) in [6.45, 7) is 5.16. The van der Waals surface area contributed by atoms with Gasteiger partial charge in [0, 0.05) is 24.4 Å². The van der Waals surface area contributed by atoms with E-state index in [0.29, 0.717) is 18.7 Å². The van der Waals surface area contributed by atoms with E-state index in [0.717, 1.165) is 6.07 Å². The van der Waals surface area contributed by atoms with Crippen LogP contribution in [-0.4, -0.2) is 14.8 Å². The molecule has 0 saturated carbocycles. The number of hydrogen-bond donors (Lipinski definition) is 1. The van der Waals surface area contributed by atoms with Gasteiger partial charge in [-0.1, -0.05) is 0 Å². The Balaban J connectivity index is 2.05. The van der Waals surface area contributed by atoms with Crippen molar-refractivity contribution in [2.45, 2.75) is 32.9 Å². The number of aromatic nitrogens is 3. The number of halogens is 4. The van der Waals surface area contributed by atoms with Gasteiger partial charge in [-0.2, -0.15) is 0 Å².